The highest BCUT2D eigenvalue weighted by Crippen LogP contribution is 2.20. The number of hydrogen-bond donors (Lipinski definition) is 1. The maximum absolute atomic E-state index is 12.4. The van der Waals surface area contributed by atoms with Crippen LogP contribution in [0, 0.1) is 0 Å². The van der Waals surface area contributed by atoms with Gasteiger partial charge in [0.2, 0.25) is 5.91 Å². The van der Waals surface area contributed by atoms with E-state index in [2.05, 4.69) is 22.3 Å². The smallest absolute Gasteiger partial charge is 0.224 e. The molecule has 6 heteroatoms. The van der Waals surface area contributed by atoms with Crippen molar-refractivity contribution in [1.82, 2.24) is 4.90 Å². The Morgan fingerprint density at radius 3 is 2.00 bits per heavy atom. The van der Waals surface area contributed by atoms with Crippen LogP contribution in [0.3, 0.4) is 0 Å². The van der Waals surface area contributed by atoms with E-state index in [4.69, 9.17) is 9.47 Å². The minimum Gasteiger partial charge on any atom is -0.497 e. The Labute approximate surface area is 160 Å². The van der Waals surface area contributed by atoms with Crippen molar-refractivity contribution in [1.29, 1.82) is 0 Å². The average Bonchev–Trinajstić information content (AvgIpc) is 2.74. The molecule has 0 aromatic heterocycles. The molecule has 0 saturated carbocycles. The van der Waals surface area contributed by atoms with E-state index in [0.717, 1.165) is 43.4 Å². The molecule has 0 atom stereocenters. The zero-order valence-corrected chi connectivity index (χ0v) is 16.0. The van der Waals surface area contributed by atoms with Crippen molar-refractivity contribution < 1.29 is 14.3 Å². The zero-order valence-electron chi connectivity index (χ0n) is 16.0. The molecule has 2 aromatic carbocycles. The summed E-state index contributed by atoms with van der Waals surface area (Å²) in [5.74, 6) is 1.88. The molecule has 6 nitrogen and oxygen atoms in total. The minimum absolute atomic E-state index is 0.199. The van der Waals surface area contributed by atoms with Gasteiger partial charge in [-0.3, -0.25) is 4.79 Å². The number of benzene rings is 2. The van der Waals surface area contributed by atoms with E-state index >= 15 is 0 Å². The van der Waals surface area contributed by atoms with Gasteiger partial charge in [-0.2, -0.15) is 0 Å². The van der Waals surface area contributed by atoms with Gasteiger partial charge in [-0.25, -0.2) is 0 Å². The predicted molar refractivity (Wildman–Crippen MR) is 108 cm³/mol. The summed E-state index contributed by atoms with van der Waals surface area (Å²) in [5.41, 5.74) is 2.16. The highest BCUT2D eigenvalue weighted by molar-refractivity contribution is 5.77. The molecule has 0 aliphatic carbocycles. The lowest BCUT2D eigenvalue weighted by Crippen LogP contribution is -2.49. The van der Waals surface area contributed by atoms with Gasteiger partial charge < -0.3 is 24.6 Å². The molecular weight excluding hydrogens is 342 g/mol. The molecule has 1 amide bonds. The van der Waals surface area contributed by atoms with Crippen LogP contribution >= 0.6 is 0 Å². The lowest BCUT2D eigenvalue weighted by molar-refractivity contribution is -0.131. The number of nitrogens with one attached hydrogen (secondary N) is 1. The molecule has 2 aromatic rings. The van der Waals surface area contributed by atoms with Crippen LogP contribution in [-0.2, 0) is 4.79 Å². The molecule has 1 aliphatic heterocycles. The van der Waals surface area contributed by atoms with Crippen molar-refractivity contribution in [3.63, 3.8) is 0 Å². The van der Waals surface area contributed by atoms with E-state index in [1.807, 2.05) is 41.3 Å². The number of nitrogens with zero attached hydrogens (tertiary/aromatic N) is 2. The first-order chi connectivity index (χ1) is 13.2. The molecule has 1 fully saturated rings. The summed E-state index contributed by atoms with van der Waals surface area (Å²) in [6.07, 6.45) is 0.495. The number of ether oxygens (including phenoxy) is 2. The van der Waals surface area contributed by atoms with Crippen LogP contribution in [0.2, 0.25) is 0 Å². The number of anilines is 2. The van der Waals surface area contributed by atoms with Gasteiger partial charge in [0, 0.05) is 50.5 Å². The Kier molecular flexibility index (Phi) is 6.41. The van der Waals surface area contributed by atoms with Gasteiger partial charge in [0.1, 0.15) is 11.5 Å². The van der Waals surface area contributed by atoms with E-state index in [0.29, 0.717) is 13.0 Å². The van der Waals surface area contributed by atoms with Gasteiger partial charge in [-0.15, -0.1) is 0 Å². The highest BCUT2D eigenvalue weighted by Gasteiger charge is 2.20. The van der Waals surface area contributed by atoms with E-state index in [9.17, 15) is 4.79 Å². The van der Waals surface area contributed by atoms with Crippen LogP contribution in [-0.4, -0.2) is 57.8 Å². The van der Waals surface area contributed by atoms with Crippen molar-refractivity contribution in [2.45, 2.75) is 6.42 Å². The molecule has 1 N–H and O–H groups in total. The van der Waals surface area contributed by atoms with Gasteiger partial charge in [0.25, 0.3) is 0 Å². The van der Waals surface area contributed by atoms with Crippen LogP contribution < -0.4 is 19.7 Å². The molecule has 1 heterocycles. The maximum atomic E-state index is 12.4. The number of methoxy groups -OCH3 is 2. The first-order valence-corrected chi connectivity index (χ1v) is 9.24. The molecule has 27 heavy (non-hydrogen) atoms. The topological polar surface area (TPSA) is 54.0 Å². The Bertz CT molecular complexity index is 723. The molecule has 0 spiro atoms. The second-order valence-electron chi connectivity index (χ2n) is 6.47. The molecule has 1 aliphatic rings. The third kappa shape index (κ3) is 5.06. The normalized spacial score (nSPS) is 14.0. The van der Waals surface area contributed by atoms with E-state index in [1.165, 1.54) is 5.69 Å². The van der Waals surface area contributed by atoms with E-state index < -0.39 is 0 Å². The number of carbonyl (C=O) groups is 1. The number of hydrogen-bond acceptors (Lipinski definition) is 5. The van der Waals surface area contributed by atoms with Crippen LogP contribution in [0.25, 0.3) is 0 Å². The van der Waals surface area contributed by atoms with Gasteiger partial charge in [0.05, 0.1) is 14.2 Å². The Morgan fingerprint density at radius 1 is 0.889 bits per heavy atom. The summed E-state index contributed by atoms with van der Waals surface area (Å²) < 4.78 is 10.3. The van der Waals surface area contributed by atoms with Crippen molar-refractivity contribution in [2.75, 3.05) is 57.2 Å². The van der Waals surface area contributed by atoms with E-state index in [-0.39, 0.29) is 5.91 Å². The minimum atomic E-state index is 0.199. The van der Waals surface area contributed by atoms with Gasteiger partial charge in [0.15, 0.2) is 0 Å². The Morgan fingerprint density at radius 2 is 1.44 bits per heavy atom. The molecule has 0 bridgehead atoms. The fourth-order valence-electron chi connectivity index (χ4n) is 3.19. The summed E-state index contributed by atoms with van der Waals surface area (Å²) in [5, 5.41) is 3.29. The van der Waals surface area contributed by atoms with Crippen molar-refractivity contribution >= 4 is 17.3 Å². The average molecular weight is 369 g/mol. The SMILES string of the molecule is COc1ccc(NCCC(=O)N2CCN(c3ccc(OC)cc3)CC2)cc1. The molecule has 0 radical (unpaired) electrons. The summed E-state index contributed by atoms with van der Waals surface area (Å²) in [7, 11) is 3.32. The van der Waals surface area contributed by atoms with Crippen molar-refractivity contribution in [3.05, 3.63) is 48.5 Å². The third-order valence-corrected chi connectivity index (χ3v) is 4.83. The maximum Gasteiger partial charge on any atom is 0.224 e. The second-order valence-corrected chi connectivity index (χ2v) is 6.47. The lowest BCUT2D eigenvalue weighted by Gasteiger charge is -2.36. The van der Waals surface area contributed by atoms with Gasteiger partial charge >= 0.3 is 0 Å². The first-order valence-electron chi connectivity index (χ1n) is 9.24. The van der Waals surface area contributed by atoms with Crippen molar-refractivity contribution in [2.24, 2.45) is 0 Å². The molecule has 3 rings (SSSR count). The van der Waals surface area contributed by atoms with Crippen LogP contribution in [0.4, 0.5) is 11.4 Å². The largest absolute Gasteiger partial charge is 0.497 e. The van der Waals surface area contributed by atoms with Crippen molar-refractivity contribution in [3.8, 4) is 11.5 Å². The van der Waals surface area contributed by atoms with E-state index in [1.54, 1.807) is 14.2 Å². The fraction of sp³-hybridized carbons (Fsp3) is 0.381. The molecule has 0 unspecified atom stereocenters. The Balaban J connectivity index is 1.41. The number of piperazine rings is 1. The standard InChI is InChI=1S/C21H27N3O3/c1-26-19-7-3-17(4-8-19)22-12-11-21(25)24-15-13-23(14-16-24)18-5-9-20(27-2)10-6-18/h3-10,22H,11-16H2,1-2H3. The Hall–Kier alpha value is -2.89. The summed E-state index contributed by atoms with van der Waals surface area (Å²) in [6, 6.07) is 15.8. The number of amides is 1. The van der Waals surface area contributed by atoms with Crippen LogP contribution in [0.15, 0.2) is 48.5 Å². The summed E-state index contributed by atoms with van der Waals surface area (Å²) in [4.78, 5) is 16.7. The van der Waals surface area contributed by atoms with Crippen LogP contribution in [0.5, 0.6) is 11.5 Å². The molecular formula is C21H27N3O3. The molecule has 144 valence electrons. The predicted octanol–water partition coefficient (Wildman–Crippen LogP) is 2.85. The quantitative estimate of drug-likeness (QED) is 0.813. The van der Waals surface area contributed by atoms with Crippen LogP contribution in [0.1, 0.15) is 6.42 Å². The fourth-order valence-corrected chi connectivity index (χ4v) is 3.19. The monoisotopic (exact) mass is 369 g/mol. The highest BCUT2D eigenvalue weighted by atomic mass is 16.5. The second kappa shape index (κ2) is 9.16. The van der Waals surface area contributed by atoms with Gasteiger partial charge in [-0.05, 0) is 48.5 Å². The van der Waals surface area contributed by atoms with Gasteiger partial charge in [-0.1, -0.05) is 0 Å². The first kappa shape index (κ1) is 18.9. The third-order valence-electron chi connectivity index (χ3n) is 4.83. The zero-order chi connectivity index (χ0) is 19.1. The molecule has 1 saturated heterocycles. The summed E-state index contributed by atoms with van der Waals surface area (Å²) >= 11 is 0. The lowest BCUT2D eigenvalue weighted by atomic mass is 10.2. The summed E-state index contributed by atoms with van der Waals surface area (Å²) in [6.45, 7) is 3.85. The number of carbonyl (C=O) groups excluding carboxylic acids is 1. The number of rotatable bonds is 7.